The number of ether oxygens (including phenoxy) is 2. The number of hydrogen-bond acceptors (Lipinski definition) is 4. The van der Waals surface area contributed by atoms with E-state index in [0.29, 0.717) is 25.4 Å². The van der Waals surface area contributed by atoms with Crippen molar-refractivity contribution < 1.29 is 19.1 Å². The lowest BCUT2D eigenvalue weighted by Gasteiger charge is -2.12. The Hall–Kier alpha value is -1.32. The van der Waals surface area contributed by atoms with Crippen LogP contribution < -0.4 is 0 Å². The molecule has 0 aliphatic carbocycles. The highest BCUT2D eigenvalue weighted by Crippen LogP contribution is 2.14. The van der Waals surface area contributed by atoms with Gasteiger partial charge >= 0.3 is 11.9 Å². The first-order valence-electron chi connectivity index (χ1n) is 6.52. The summed E-state index contributed by atoms with van der Waals surface area (Å²) in [6, 6.07) is 0. The molecule has 102 valence electrons. The number of rotatable bonds is 6. The number of carbonyl (C=O) groups excluding carboxylic acids is 2. The highest BCUT2D eigenvalue weighted by atomic mass is 16.6. The number of esters is 2. The summed E-state index contributed by atoms with van der Waals surface area (Å²) in [6.45, 7) is 6.45. The third-order valence-electron chi connectivity index (χ3n) is 2.81. The molecule has 1 rings (SSSR count). The Bertz CT molecular complexity index is 320. The molecule has 1 aliphatic rings. The van der Waals surface area contributed by atoms with Gasteiger partial charge in [-0.2, -0.15) is 0 Å². The summed E-state index contributed by atoms with van der Waals surface area (Å²) < 4.78 is 9.86. The molecule has 4 nitrogen and oxygen atoms in total. The van der Waals surface area contributed by atoms with Crippen molar-refractivity contribution >= 4 is 11.9 Å². The van der Waals surface area contributed by atoms with E-state index in [1.165, 1.54) is 0 Å². The molecule has 1 saturated heterocycles. The second-order valence-corrected chi connectivity index (χ2v) is 5.12. The van der Waals surface area contributed by atoms with Crippen molar-refractivity contribution in [3.8, 4) is 0 Å². The van der Waals surface area contributed by atoms with Crippen molar-refractivity contribution in [1.29, 1.82) is 0 Å². The van der Waals surface area contributed by atoms with Crippen molar-refractivity contribution in [1.82, 2.24) is 0 Å². The van der Waals surface area contributed by atoms with Crippen LogP contribution in [0.5, 0.6) is 0 Å². The molecule has 1 aliphatic heterocycles. The van der Waals surface area contributed by atoms with Gasteiger partial charge in [-0.05, 0) is 18.8 Å². The van der Waals surface area contributed by atoms with Crippen molar-refractivity contribution in [2.75, 3.05) is 6.61 Å². The smallest absolute Gasteiger partial charge is 0.347 e. The lowest BCUT2D eigenvalue weighted by atomic mass is 10.1. The quantitative estimate of drug-likeness (QED) is 0.539. The Morgan fingerprint density at radius 2 is 2.06 bits per heavy atom. The van der Waals surface area contributed by atoms with Gasteiger partial charge in [0.05, 0.1) is 12.5 Å². The monoisotopic (exact) mass is 254 g/mol. The van der Waals surface area contributed by atoms with Gasteiger partial charge in [0.15, 0.2) is 0 Å². The van der Waals surface area contributed by atoms with Gasteiger partial charge in [-0.15, -0.1) is 0 Å². The van der Waals surface area contributed by atoms with Crippen molar-refractivity contribution in [2.24, 2.45) is 11.8 Å². The zero-order valence-electron chi connectivity index (χ0n) is 11.3. The summed E-state index contributed by atoms with van der Waals surface area (Å²) in [5.41, 5.74) is 0. The van der Waals surface area contributed by atoms with Gasteiger partial charge in [0, 0.05) is 6.42 Å². The van der Waals surface area contributed by atoms with Crippen LogP contribution in [0, 0.1) is 11.8 Å². The minimum absolute atomic E-state index is 0.221. The van der Waals surface area contributed by atoms with Crippen LogP contribution in [0.2, 0.25) is 0 Å². The predicted octanol–water partition coefficient (Wildman–Crippen LogP) is 2.47. The van der Waals surface area contributed by atoms with Crippen LogP contribution in [-0.4, -0.2) is 24.6 Å². The molecule has 0 aromatic rings. The van der Waals surface area contributed by atoms with E-state index >= 15 is 0 Å². The number of cyclic esters (lactones) is 1. The molecular formula is C14H22O4. The molecule has 0 bridgehead atoms. The van der Waals surface area contributed by atoms with E-state index in [0.717, 1.165) is 6.42 Å². The van der Waals surface area contributed by atoms with Gasteiger partial charge in [-0.1, -0.05) is 32.9 Å². The lowest BCUT2D eigenvalue weighted by Crippen LogP contribution is -2.26. The minimum atomic E-state index is -0.695. The fourth-order valence-corrected chi connectivity index (χ4v) is 1.61. The fraction of sp³-hybridized carbons (Fsp3) is 0.714. The Balaban J connectivity index is 2.28. The molecule has 0 aromatic heterocycles. The third kappa shape index (κ3) is 4.90. The molecule has 2 atom stereocenters. The van der Waals surface area contributed by atoms with E-state index in [2.05, 4.69) is 19.9 Å². The maximum absolute atomic E-state index is 11.7. The first-order valence-corrected chi connectivity index (χ1v) is 6.52. The van der Waals surface area contributed by atoms with Gasteiger partial charge < -0.3 is 9.47 Å². The molecule has 0 radical (unpaired) electrons. The standard InChI is InChI=1S/C14H22O4/c1-10(2)6-4-5-7-11(3)13(15)18-12-8-9-17-14(12)16/h4-5,10-12H,6-9H2,1-3H3/b5-4-. The lowest BCUT2D eigenvalue weighted by molar-refractivity contribution is -0.162. The number of hydrogen-bond donors (Lipinski definition) is 0. The van der Waals surface area contributed by atoms with E-state index in [4.69, 9.17) is 9.47 Å². The van der Waals surface area contributed by atoms with Crippen molar-refractivity contribution in [2.45, 2.75) is 46.1 Å². The highest BCUT2D eigenvalue weighted by Gasteiger charge is 2.31. The normalized spacial score (nSPS) is 21.3. The highest BCUT2D eigenvalue weighted by molar-refractivity contribution is 5.81. The minimum Gasteiger partial charge on any atom is -0.463 e. The summed E-state index contributed by atoms with van der Waals surface area (Å²) in [5, 5.41) is 0. The summed E-state index contributed by atoms with van der Waals surface area (Å²) >= 11 is 0. The van der Waals surface area contributed by atoms with Crippen LogP contribution in [0.25, 0.3) is 0 Å². The van der Waals surface area contributed by atoms with Crippen LogP contribution in [0.3, 0.4) is 0 Å². The second-order valence-electron chi connectivity index (χ2n) is 5.12. The Kier molecular flexibility index (Phi) is 5.89. The molecule has 0 spiro atoms. The van der Waals surface area contributed by atoms with Crippen LogP contribution in [-0.2, 0) is 19.1 Å². The van der Waals surface area contributed by atoms with E-state index in [9.17, 15) is 9.59 Å². The summed E-state index contributed by atoms with van der Waals surface area (Å²) in [6.07, 6.45) is 5.52. The zero-order valence-corrected chi connectivity index (χ0v) is 11.3. The van der Waals surface area contributed by atoms with Crippen LogP contribution in [0.15, 0.2) is 12.2 Å². The maximum atomic E-state index is 11.7. The van der Waals surface area contributed by atoms with Gasteiger partial charge in [-0.3, -0.25) is 4.79 Å². The Labute approximate surface area is 108 Å². The van der Waals surface area contributed by atoms with Gasteiger partial charge in [0.1, 0.15) is 0 Å². The molecule has 18 heavy (non-hydrogen) atoms. The third-order valence-corrected chi connectivity index (χ3v) is 2.81. The van der Waals surface area contributed by atoms with Crippen LogP contribution in [0.4, 0.5) is 0 Å². The van der Waals surface area contributed by atoms with Gasteiger partial charge in [0.25, 0.3) is 0 Å². The van der Waals surface area contributed by atoms with E-state index in [-0.39, 0.29) is 11.9 Å². The number of carbonyl (C=O) groups is 2. The molecule has 0 amide bonds. The molecule has 0 N–H and O–H groups in total. The first-order chi connectivity index (χ1) is 8.50. The largest absolute Gasteiger partial charge is 0.463 e. The van der Waals surface area contributed by atoms with Crippen molar-refractivity contribution in [3.63, 3.8) is 0 Å². The molecule has 0 saturated carbocycles. The summed E-state index contributed by atoms with van der Waals surface area (Å²) in [7, 11) is 0. The van der Waals surface area contributed by atoms with E-state index in [1.807, 2.05) is 13.0 Å². The molecule has 2 unspecified atom stereocenters. The van der Waals surface area contributed by atoms with Gasteiger partial charge in [-0.25, -0.2) is 4.79 Å². The average molecular weight is 254 g/mol. The predicted molar refractivity (Wildman–Crippen MR) is 67.8 cm³/mol. The molecular weight excluding hydrogens is 232 g/mol. The first kappa shape index (κ1) is 14.7. The number of allylic oxidation sites excluding steroid dienone is 2. The van der Waals surface area contributed by atoms with Crippen molar-refractivity contribution in [3.05, 3.63) is 12.2 Å². The molecule has 1 fully saturated rings. The average Bonchev–Trinajstić information content (AvgIpc) is 2.70. The SMILES string of the molecule is CC(C)C/C=C\CC(C)C(=O)OC1CCOC1=O. The molecule has 1 heterocycles. The second kappa shape index (κ2) is 7.19. The fourth-order valence-electron chi connectivity index (χ4n) is 1.61. The maximum Gasteiger partial charge on any atom is 0.347 e. The molecule has 0 aromatic carbocycles. The van der Waals surface area contributed by atoms with E-state index in [1.54, 1.807) is 0 Å². The topological polar surface area (TPSA) is 52.6 Å². The summed E-state index contributed by atoms with van der Waals surface area (Å²) in [4.78, 5) is 22.9. The Morgan fingerprint density at radius 1 is 1.39 bits per heavy atom. The van der Waals surface area contributed by atoms with E-state index < -0.39 is 12.1 Å². The Morgan fingerprint density at radius 3 is 2.61 bits per heavy atom. The summed E-state index contributed by atoms with van der Waals surface area (Å²) in [5.74, 6) is -0.350. The van der Waals surface area contributed by atoms with Crippen LogP contribution >= 0.6 is 0 Å². The van der Waals surface area contributed by atoms with Gasteiger partial charge in [0.2, 0.25) is 6.10 Å². The van der Waals surface area contributed by atoms with Crippen LogP contribution in [0.1, 0.15) is 40.0 Å². The molecule has 4 heteroatoms. The zero-order chi connectivity index (χ0) is 13.5.